The lowest BCUT2D eigenvalue weighted by Gasteiger charge is -2.08. The van der Waals surface area contributed by atoms with Gasteiger partial charge in [-0.05, 0) is 36.6 Å². The molecule has 0 aliphatic rings. The highest BCUT2D eigenvalue weighted by molar-refractivity contribution is 6.42. The van der Waals surface area contributed by atoms with Gasteiger partial charge in [0.1, 0.15) is 5.75 Å². The van der Waals surface area contributed by atoms with Gasteiger partial charge in [-0.25, -0.2) is 0 Å². The predicted molar refractivity (Wildman–Crippen MR) is 69.9 cm³/mol. The summed E-state index contributed by atoms with van der Waals surface area (Å²) in [5.41, 5.74) is 1.22. The number of aryl methyl sites for hydroxylation is 1. The molecule has 0 saturated heterocycles. The van der Waals surface area contributed by atoms with Crippen molar-refractivity contribution in [3.05, 3.63) is 29.3 Å². The van der Waals surface area contributed by atoms with Crippen LogP contribution in [-0.2, 0) is 4.79 Å². The first-order chi connectivity index (χ1) is 8.45. The summed E-state index contributed by atoms with van der Waals surface area (Å²) in [6.07, 6.45) is 0. The smallest absolute Gasteiger partial charge is 0.292 e. The molecule has 4 heteroatoms. The fraction of sp³-hybridized carbons (Fsp3) is 0.429. The van der Waals surface area contributed by atoms with E-state index >= 15 is 0 Å². The predicted octanol–water partition coefficient (Wildman–Crippen LogP) is 1.96. The van der Waals surface area contributed by atoms with Crippen LogP contribution in [0.4, 0.5) is 0 Å². The monoisotopic (exact) mass is 249 g/mol. The van der Waals surface area contributed by atoms with Crippen LogP contribution in [0.2, 0.25) is 0 Å². The molecule has 4 nitrogen and oxygen atoms in total. The Labute approximate surface area is 107 Å². The van der Waals surface area contributed by atoms with Crippen LogP contribution in [-0.4, -0.2) is 25.3 Å². The Morgan fingerprint density at radius 3 is 2.50 bits per heavy atom. The second-order valence-corrected chi connectivity index (χ2v) is 4.62. The fourth-order valence-electron chi connectivity index (χ4n) is 1.53. The summed E-state index contributed by atoms with van der Waals surface area (Å²) in [6, 6.07) is 4.96. The summed E-state index contributed by atoms with van der Waals surface area (Å²) < 4.78 is 5.11. The average Bonchev–Trinajstić information content (AvgIpc) is 2.34. The number of benzene rings is 1. The Balaban J connectivity index is 2.78. The van der Waals surface area contributed by atoms with E-state index in [2.05, 4.69) is 5.32 Å². The van der Waals surface area contributed by atoms with Gasteiger partial charge < -0.3 is 10.1 Å². The molecule has 1 rings (SSSR count). The van der Waals surface area contributed by atoms with Crippen molar-refractivity contribution in [3.63, 3.8) is 0 Å². The highest BCUT2D eigenvalue weighted by atomic mass is 16.5. The Morgan fingerprint density at radius 2 is 2.00 bits per heavy atom. The molecule has 0 heterocycles. The number of rotatable bonds is 5. The molecule has 0 radical (unpaired) electrons. The molecule has 0 unspecified atom stereocenters. The number of ether oxygens (including phenoxy) is 1. The first-order valence-electron chi connectivity index (χ1n) is 5.93. The Kier molecular flexibility index (Phi) is 4.89. The van der Waals surface area contributed by atoms with Gasteiger partial charge in [0.25, 0.3) is 5.91 Å². The average molecular weight is 249 g/mol. The van der Waals surface area contributed by atoms with Crippen LogP contribution < -0.4 is 10.1 Å². The summed E-state index contributed by atoms with van der Waals surface area (Å²) in [5.74, 6) is -0.0526. The van der Waals surface area contributed by atoms with Gasteiger partial charge in [-0.2, -0.15) is 0 Å². The molecule has 0 aliphatic heterocycles. The van der Waals surface area contributed by atoms with Gasteiger partial charge in [-0.3, -0.25) is 9.59 Å². The van der Waals surface area contributed by atoms with E-state index in [-0.39, 0.29) is 0 Å². The quantitative estimate of drug-likeness (QED) is 0.641. The van der Waals surface area contributed by atoms with E-state index in [1.807, 2.05) is 20.8 Å². The zero-order valence-electron chi connectivity index (χ0n) is 11.2. The number of methoxy groups -OCH3 is 1. The summed E-state index contributed by atoms with van der Waals surface area (Å²) in [7, 11) is 1.57. The molecule has 1 N–H and O–H groups in total. The minimum absolute atomic E-state index is 0.319. The summed E-state index contributed by atoms with van der Waals surface area (Å²) in [6.45, 7) is 6.28. The van der Waals surface area contributed by atoms with Crippen molar-refractivity contribution in [2.24, 2.45) is 5.92 Å². The van der Waals surface area contributed by atoms with Crippen LogP contribution >= 0.6 is 0 Å². The number of amides is 1. The molecule has 0 saturated carbocycles. The van der Waals surface area contributed by atoms with E-state index in [1.54, 1.807) is 25.3 Å². The maximum Gasteiger partial charge on any atom is 0.292 e. The number of hydrogen-bond acceptors (Lipinski definition) is 3. The third kappa shape index (κ3) is 3.58. The largest absolute Gasteiger partial charge is 0.496 e. The summed E-state index contributed by atoms with van der Waals surface area (Å²) in [5, 5.41) is 2.61. The van der Waals surface area contributed by atoms with Gasteiger partial charge in [0.05, 0.1) is 7.11 Å². The standard InChI is InChI=1S/C14H19NO3/c1-9(2)8-15-14(17)13(16)11-5-6-12(18-4)10(3)7-11/h5-7,9H,8H2,1-4H3,(H,15,17). The van der Waals surface area contributed by atoms with E-state index in [0.29, 0.717) is 23.8 Å². The lowest BCUT2D eigenvalue weighted by molar-refractivity contribution is -0.117. The third-order valence-electron chi connectivity index (χ3n) is 2.53. The minimum Gasteiger partial charge on any atom is -0.496 e. The van der Waals surface area contributed by atoms with Crippen LogP contribution in [0.25, 0.3) is 0 Å². The van der Waals surface area contributed by atoms with Crippen molar-refractivity contribution in [3.8, 4) is 5.75 Å². The van der Waals surface area contributed by atoms with Crippen LogP contribution in [0.5, 0.6) is 5.75 Å². The number of carbonyl (C=O) groups excluding carboxylic acids is 2. The Bertz CT molecular complexity index is 452. The van der Waals surface area contributed by atoms with Crippen LogP contribution in [0, 0.1) is 12.8 Å². The summed E-state index contributed by atoms with van der Waals surface area (Å²) >= 11 is 0. The normalized spacial score (nSPS) is 10.3. The SMILES string of the molecule is COc1ccc(C(=O)C(=O)NCC(C)C)cc1C. The fourth-order valence-corrected chi connectivity index (χ4v) is 1.53. The highest BCUT2D eigenvalue weighted by Gasteiger charge is 2.16. The van der Waals surface area contributed by atoms with E-state index in [4.69, 9.17) is 4.74 Å². The van der Waals surface area contributed by atoms with Crippen LogP contribution in [0.1, 0.15) is 29.8 Å². The minimum atomic E-state index is -0.562. The molecule has 18 heavy (non-hydrogen) atoms. The number of carbonyl (C=O) groups is 2. The van der Waals surface area contributed by atoms with E-state index < -0.39 is 11.7 Å². The first-order valence-corrected chi connectivity index (χ1v) is 5.93. The Morgan fingerprint density at radius 1 is 1.33 bits per heavy atom. The van der Waals surface area contributed by atoms with Crippen molar-refractivity contribution in [2.45, 2.75) is 20.8 Å². The lowest BCUT2D eigenvalue weighted by Crippen LogP contribution is -2.33. The first kappa shape index (κ1) is 14.2. The molecule has 0 atom stereocenters. The van der Waals surface area contributed by atoms with Gasteiger partial charge in [-0.1, -0.05) is 13.8 Å². The summed E-state index contributed by atoms with van der Waals surface area (Å²) in [4.78, 5) is 23.5. The van der Waals surface area contributed by atoms with Crippen molar-refractivity contribution in [2.75, 3.05) is 13.7 Å². The van der Waals surface area contributed by atoms with Crippen LogP contribution in [0.15, 0.2) is 18.2 Å². The molecule has 0 fully saturated rings. The molecule has 1 aromatic rings. The van der Waals surface area contributed by atoms with Gasteiger partial charge >= 0.3 is 0 Å². The number of ketones is 1. The molecule has 1 aromatic carbocycles. The molecule has 0 aromatic heterocycles. The molecule has 0 aliphatic carbocycles. The lowest BCUT2D eigenvalue weighted by atomic mass is 10.1. The number of nitrogens with one attached hydrogen (secondary N) is 1. The van der Waals surface area contributed by atoms with Crippen molar-refractivity contribution >= 4 is 11.7 Å². The van der Waals surface area contributed by atoms with Gasteiger partial charge in [0.15, 0.2) is 0 Å². The molecular weight excluding hydrogens is 230 g/mol. The van der Waals surface area contributed by atoms with Crippen molar-refractivity contribution in [1.82, 2.24) is 5.32 Å². The van der Waals surface area contributed by atoms with Crippen LogP contribution in [0.3, 0.4) is 0 Å². The molecular formula is C14H19NO3. The molecule has 0 spiro atoms. The second kappa shape index (κ2) is 6.19. The number of hydrogen-bond donors (Lipinski definition) is 1. The van der Waals surface area contributed by atoms with Crippen molar-refractivity contribution in [1.29, 1.82) is 0 Å². The molecule has 1 amide bonds. The number of Topliss-reactive ketones (excluding diaryl/α,β-unsaturated/α-hetero) is 1. The Hall–Kier alpha value is -1.84. The zero-order valence-corrected chi connectivity index (χ0v) is 11.2. The van der Waals surface area contributed by atoms with E-state index in [0.717, 1.165) is 5.56 Å². The zero-order chi connectivity index (χ0) is 13.7. The molecule has 98 valence electrons. The third-order valence-corrected chi connectivity index (χ3v) is 2.53. The maximum absolute atomic E-state index is 11.9. The van der Waals surface area contributed by atoms with Gasteiger partial charge in [-0.15, -0.1) is 0 Å². The van der Waals surface area contributed by atoms with Gasteiger partial charge in [0.2, 0.25) is 5.78 Å². The topological polar surface area (TPSA) is 55.4 Å². The van der Waals surface area contributed by atoms with E-state index in [9.17, 15) is 9.59 Å². The maximum atomic E-state index is 11.9. The van der Waals surface area contributed by atoms with Crippen molar-refractivity contribution < 1.29 is 14.3 Å². The molecule has 0 bridgehead atoms. The van der Waals surface area contributed by atoms with Gasteiger partial charge in [0, 0.05) is 12.1 Å². The second-order valence-electron chi connectivity index (χ2n) is 4.62. The van der Waals surface area contributed by atoms with E-state index in [1.165, 1.54) is 0 Å². The highest BCUT2D eigenvalue weighted by Crippen LogP contribution is 2.18.